The molecule has 1 N–H and O–H groups in total. The van der Waals surface area contributed by atoms with E-state index in [9.17, 15) is 13.2 Å². The van der Waals surface area contributed by atoms with Crippen molar-refractivity contribution in [3.05, 3.63) is 29.6 Å². The van der Waals surface area contributed by atoms with Gasteiger partial charge in [-0.25, -0.2) is 13.2 Å². The number of nitrogens with zero attached hydrogens (tertiary/aromatic N) is 1. The molecule has 1 fully saturated rings. The van der Waals surface area contributed by atoms with Crippen molar-refractivity contribution >= 4 is 5.69 Å². The molecule has 2 nitrogen and oxygen atoms in total. The summed E-state index contributed by atoms with van der Waals surface area (Å²) >= 11 is 0. The van der Waals surface area contributed by atoms with Crippen molar-refractivity contribution in [3.8, 4) is 0 Å². The van der Waals surface area contributed by atoms with Gasteiger partial charge in [0.2, 0.25) is 0 Å². The van der Waals surface area contributed by atoms with Crippen LogP contribution >= 0.6 is 0 Å². The van der Waals surface area contributed by atoms with E-state index in [0.717, 1.165) is 6.07 Å². The minimum atomic E-state index is -1.15. The fraction of sp³-hybridized carbons (Fsp3) is 0.538. The van der Waals surface area contributed by atoms with E-state index < -0.39 is 17.5 Å². The number of piperazine rings is 1. The first-order valence-corrected chi connectivity index (χ1v) is 6.12. The highest BCUT2D eigenvalue weighted by molar-refractivity contribution is 5.49. The van der Waals surface area contributed by atoms with Gasteiger partial charge in [-0.2, -0.15) is 0 Å². The topological polar surface area (TPSA) is 15.3 Å². The number of anilines is 1. The molecule has 1 aliphatic heterocycles. The highest BCUT2D eigenvalue weighted by atomic mass is 19.2. The summed E-state index contributed by atoms with van der Waals surface area (Å²) in [6.45, 7) is 6.04. The molecule has 1 heterocycles. The maximum Gasteiger partial charge on any atom is 0.161 e. The second-order valence-corrected chi connectivity index (χ2v) is 4.97. The lowest BCUT2D eigenvalue weighted by Crippen LogP contribution is -2.53. The molecule has 1 saturated heterocycles. The third-order valence-corrected chi connectivity index (χ3v) is 3.34. The maximum atomic E-state index is 13.7. The molecule has 1 aliphatic rings. The second kappa shape index (κ2) is 5.18. The quantitative estimate of drug-likeness (QED) is 0.820. The third-order valence-electron chi connectivity index (χ3n) is 3.34. The third kappa shape index (κ3) is 2.61. The van der Waals surface area contributed by atoms with Crippen LogP contribution in [0.3, 0.4) is 0 Å². The summed E-state index contributed by atoms with van der Waals surface area (Å²) < 4.78 is 39.7. The Bertz CT molecular complexity index is 434. The lowest BCUT2D eigenvalue weighted by Gasteiger charge is -2.37. The largest absolute Gasteiger partial charge is 0.366 e. The molecule has 0 spiro atoms. The Morgan fingerprint density at radius 2 is 1.83 bits per heavy atom. The van der Waals surface area contributed by atoms with E-state index in [1.807, 2.05) is 0 Å². The summed E-state index contributed by atoms with van der Waals surface area (Å²) in [5.74, 6) is -2.46. The molecule has 0 aromatic heterocycles. The zero-order chi connectivity index (χ0) is 13.3. The van der Waals surface area contributed by atoms with Crippen LogP contribution in [-0.2, 0) is 0 Å². The van der Waals surface area contributed by atoms with Gasteiger partial charge in [-0.1, -0.05) is 13.8 Å². The van der Waals surface area contributed by atoms with Crippen molar-refractivity contribution in [3.63, 3.8) is 0 Å². The predicted molar refractivity (Wildman–Crippen MR) is 65.2 cm³/mol. The van der Waals surface area contributed by atoms with Gasteiger partial charge >= 0.3 is 0 Å². The molecule has 1 atom stereocenters. The number of halogens is 3. The van der Waals surface area contributed by atoms with Crippen molar-refractivity contribution in [2.45, 2.75) is 19.9 Å². The Kier molecular flexibility index (Phi) is 3.80. The summed E-state index contributed by atoms with van der Waals surface area (Å²) in [5, 5.41) is 3.33. The van der Waals surface area contributed by atoms with Crippen molar-refractivity contribution in [2.75, 3.05) is 24.5 Å². The zero-order valence-corrected chi connectivity index (χ0v) is 10.5. The highest BCUT2D eigenvalue weighted by Crippen LogP contribution is 2.24. The summed E-state index contributed by atoms with van der Waals surface area (Å²) in [7, 11) is 0. The predicted octanol–water partition coefficient (Wildman–Crippen LogP) is 2.54. The van der Waals surface area contributed by atoms with Crippen molar-refractivity contribution in [1.82, 2.24) is 5.32 Å². The Morgan fingerprint density at radius 1 is 1.17 bits per heavy atom. The summed E-state index contributed by atoms with van der Waals surface area (Å²) in [4.78, 5) is 1.76. The average Bonchev–Trinajstić information content (AvgIpc) is 2.34. The number of hydrogen-bond donors (Lipinski definition) is 1. The molecule has 0 radical (unpaired) electrons. The van der Waals surface area contributed by atoms with Crippen molar-refractivity contribution in [1.29, 1.82) is 0 Å². The molecule has 0 amide bonds. The molecular weight excluding hydrogens is 241 g/mol. The summed E-state index contributed by atoms with van der Waals surface area (Å²) in [6, 6.07) is 1.77. The first-order chi connectivity index (χ1) is 8.49. The maximum absolute atomic E-state index is 13.7. The van der Waals surface area contributed by atoms with Gasteiger partial charge in [0.05, 0.1) is 5.69 Å². The van der Waals surface area contributed by atoms with Crippen LogP contribution in [0.25, 0.3) is 0 Å². The highest BCUT2D eigenvalue weighted by Gasteiger charge is 2.24. The first-order valence-electron chi connectivity index (χ1n) is 6.12. The molecule has 100 valence electrons. The molecule has 1 unspecified atom stereocenters. The Morgan fingerprint density at radius 3 is 2.50 bits per heavy atom. The van der Waals surface area contributed by atoms with Crippen LogP contribution in [0.5, 0.6) is 0 Å². The molecule has 5 heteroatoms. The van der Waals surface area contributed by atoms with Gasteiger partial charge in [-0.05, 0) is 5.92 Å². The normalized spacial score (nSPS) is 20.6. The lowest BCUT2D eigenvalue weighted by atomic mass is 10.0. The Labute approximate surface area is 105 Å². The van der Waals surface area contributed by atoms with Gasteiger partial charge in [-0.3, -0.25) is 0 Å². The number of nitrogens with one attached hydrogen (secondary N) is 1. The molecule has 1 aromatic carbocycles. The summed E-state index contributed by atoms with van der Waals surface area (Å²) in [6.07, 6.45) is 0. The fourth-order valence-electron chi connectivity index (χ4n) is 2.20. The van der Waals surface area contributed by atoms with Gasteiger partial charge in [0.15, 0.2) is 11.6 Å². The van der Waals surface area contributed by atoms with E-state index in [1.54, 1.807) is 4.90 Å². The molecule has 2 rings (SSSR count). The van der Waals surface area contributed by atoms with Crippen molar-refractivity contribution in [2.24, 2.45) is 5.92 Å². The van der Waals surface area contributed by atoms with Gasteiger partial charge < -0.3 is 10.2 Å². The standard InChI is InChI=1S/C13H17F3N2/c1-8(2)12-7-18(4-3-17-12)13-6-10(15)9(14)5-11(13)16/h5-6,8,12,17H,3-4,7H2,1-2H3. The lowest BCUT2D eigenvalue weighted by molar-refractivity contribution is 0.366. The molecule has 18 heavy (non-hydrogen) atoms. The van der Waals surface area contributed by atoms with Gasteiger partial charge in [-0.15, -0.1) is 0 Å². The smallest absolute Gasteiger partial charge is 0.161 e. The van der Waals surface area contributed by atoms with Crippen LogP contribution in [0.4, 0.5) is 18.9 Å². The zero-order valence-electron chi connectivity index (χ0n) is 10.5. The fourth-order valence-corrected chi connectivity index (χ4v) is 2.20. The van der Waals surface area contributed by atoms with E-state index in [4.69, 9.17) is 0 Å². The molecule has 0 aliphatic carbocycles. The molecule has 0 saturated carbocycles. The van der Waals surface area contributed by atoms with Gasteiger partial charge in [0, 0.05) is 37.8 Å². The van der Waals surface area contributed by atoms with Gasteiger partial charge in [0.1, 0.15) is 5.82 Å². The van der Waals surface area contributed by atoms with Crippen LogP contribution in [0.2, 0.25) is 0 Å². The van der Waals surface area contributed by atoms with E-state index in [2.05, 4.69) is 19.2 Å². The van der Waals surface area contributed by atoms with E-state index in [-0.39, 0.29) is 11.7 Å². The Hall–Kier alpha value is -1.23. The van der Waals surface area contributed by atoms with Crippen LogP contribution < -0.4 is 10.2 Å². The summed E-state index contributed by atoms with van der Waals surface area (Å²) in [5.41, 5.74) is 0.140. The minimum Gasteiger partial charge on any atom is -0.366 e. The van der Waals surface area contributed by atoms with E-state index in [1.165, 1.54) is 0 Å². The SMILES string of the molecule is CC(C)C1CN(c2cc(F)c(F)cc2F)CCN1. The van der Waals surface area contributed by atoms with E-state index >= 15 is 0 Å². The molecule has 0 bridgehead atoms. The first kappa shape index (κ1) is 13.2. The average molecular weight is 258 g/mol. The van der Waals surface area contributed by atoms with E-state index in [0.29, 0.717) is 31.6 Å². The van der Waals surface area contributed by atoms with Gasteiger partial charge in [0.25, 0.3) is 0 Å². The Balaban J connectivity index is 2.23. The van der Waals surface area contributed by atoms with Crippen molar-refractivity contribution < 1.29 is 13.2 Å². The minimum absolute atomic E-state index is 0.140. The van der Waals surface area contributed by atoms with Crippen LogP contribution in [-0.4, -0.2) is 25.7 Å². The second-order valence-electron chi connectivity index (χ2n) is 4.97. The molecular formula is C13H17F3N2. The van der Waals surface area contributed by atoms with Crippen LogP contribution in [0.1, 0.15) is 13.8 Å². The monoisotopic (exact) mass is 258 g/mol. The number of rotatable bonds is 2. The number of hydrogen-bond acceptors (Lipinski definition) is 2. The number of benzene rings is 1. The molecule has 1 aromatic rings. The van der Waals surface area contributed by atoms with Crippen LogP contribution in [0.15, 0.2) is 12.1 Å². The van der Waals surface area contributed by atoms with Crippen LogP contribution in [0, 0.1) is 23.4 Å².